The molecule has 0 radical (unpaired) electrons. The van der Waals surface area contributed by atoms with Crippen molar-refractivity contribution in [2.45, 2.75) is 43.5 Å². The molecule has 2 aromatic heterocycles. The summed E-state index contributed by atoms with van der Waals surface area (Å²) in [6.07, 6.45) is 0. The van der Waals surface area contributed by atoms with Crippen molar-refractivity contribution >= 4 is 27.7 Å². The van der Waals surface area contributed by atoms with Gasteiger partial charge in [-0.2, -0.15) is 4.98 Å². The molecule has 1 aromatic carbocycles. The van der Waals surface area contributed by atoms with Gasteiger partial charge in [-0.05, 0) is 19.1 Å². The molecule has 0 aliphatic carbocycles. The molecule has 3 rings (SSSR count). The fourth-order valence-electron chi connectivity index (χ4n) is 2.10. The quantitative estimate of drug-likeness (QED) is 0.501. The van der Waals surface area contributed by atoms with Crippen LogP contribution in [0.2, 0.25) is 0 Å². The van der Waals surface area contributed by atoms with Crippen molar-refractivity contribution in [3.63, 3.8) is 0 Å². The van der Waals surface area contributed by atoms with E-state index in [1.807, 2.05) is 52.0 Å². The molecular formula is C16H19BrN6OS. The zero-order valence-electron chi connectivity index (χ0n) is 14.4. The Kier molecular flexibility index (Phi) is 4.88. The highest BCUT2D eigenvalue weighted by molar-refractivity contribution is 9.10. The maximum atomic E-state index is 6.19. The summed E-state index contributed by atoms with van der Waals surface area (Å²) in [7, 11) is 0. The van der Waals surface area contributed by atoms with Gasteiger partial charge in [0.05, 0.1) is 5.25 Å². The van der Waals surface area contributed by atoms with Gasteiger partial charge in [0, 0.05) is 15.5 Å². The topological polar surface area (TPSA) is 95.7 Å². The third-order valence-corrected chi connectivity index (χ3v) is 5.26. The maximum Gasteiger partial charge on any atom is 0.239 e. The van der Waals surface area contributed by atoms with Gasteiger partial charge >= 0.3 is 0 Å². The minimum absolute atomic E-state index is 0.0952. The summed E-state index contributed by atoms with van der Waals surface area (Å²) in [5, 5.41) is 12.9. The minimum Gasteiger partial charge on any atom is -0.338 e. The van der Waals surface area contributed by atoms with E-state index in [1.165, 1.54) is 16.4 Å². The molecule has 9 heteroatoms. The summed E-state index contributed by atoms with van der Waals surface area (Å²) in [4.78, 5) is 4.48. The number of rotatable bonds is 4. The van der Waals surface area contributed by atoms with Crippen LogP contribution in [0, 0.1) is 0 Å². The predicted molar refractivity (Wildman–Crippen MR) is 101 cm³/mol. The maximum absolute atomic E-state index is 6.19. The SMILES string of the molecule is CC(Sc1nnc(-c2ccccc2Br)n1N)c1nc(C(C)(C)C)no1. The van der Waals surface area contributed by atoms with E-state index in [-0.39, 0.29) is 10.7 Å². The van der Waals surface area contributed by atoms with Gasteiger partial charge in [0.25, 0.3) is 0 Å². The van der Waals surface area contributed by atoms with Gasteiger partial charge in [0.2, 0.25) is 11.0 Å². The Morgan fingerprint density at radius 3 is 2.60 bits per heavy atom. The normalized spacial score (nSPS) is 13.2. The Morgan fingerprint density at radius 2 is 1.96 bits per heavy atom. The number of nitrogens with zero attached hydrogens (tertiary/aromatic N) is 5. The Balaban J connectivity index is 1.82. The summed E-state index contributed by atoms with van der Waals surface area (Å²) in [6.45, 7) is 8.09. The average molecular weight is 423 g/mol. The molecule has 1 atom stereocenters. The smallest absolute Gasteiger partial charge is 0.239 e. The molecule has 0 spiro atoms. The minimum atomic E-state index is -0.160. The lowest BCUT2D eigenvalue weighted by Crippen LogP contribution is -2.13. The highest BCUT2D eigenvalue weighted by atomic mass is 79.9. The zero-order valence-corrected chi connectivity index (χ0v) is 16.8. The van der Waals surface area contributed by atoms with Gasteiger partial charge in [-0.25, -0.2) is 4.68 Å². The molecule has 2 N–H and O–H groups in total. The zero-order chi connectivity index (χ0) is 18.2. The van der Waals surface area contributed by atoms with Crippen molar-refractivity contribution in [1.29, 1.82) is 0 Å². The van der Waals surface area contributed by atoms with Gasteiger partial charge in [0.1, 0.15) is 0 Å². The molecule has 0 amide bonds. The average Bonchev–Trinajstić information content (AvgIpc) is 3.16. The Bertz CT molecular complexity index is 885. The standard InChI is InChI=1S/C16H19BrN6OS/c1-9(13-19-14(22-24-13)16(2,3)4)25-15-21-20-12(23(15)18)10-7-5-6-8-11(10)17/h5-9H,18H2,1-4H3. The Labute approximate surface area is 158 Å². The van der Waals surface area contributed by atoms with Gasteiger partial charge in [-0.15, -0.1) is 10.2 Å². The number of nitrogens with two attached hydrogens (primary N) is 1. The van der Waals surface area contributed by atoms with E-state index < -0.39 is 0 Å². The van der Waals surface area contributed by atoms with Crippen molar-refractivity contribution in [1.82, 2.24) is 25.0 Å². The molecule has 25 heavy (non-hydrogen) atoms. The van der Waals surface area contributed by atoms with Crippen molar-refractivity contribution in [2.75, 3.05) is 5.84 Å². The second-order valence-corrected chi connectivity index (χ2v) is 8.78. The van der Waals surface area contributed by atoms with Crippen LogP contribution in [0.1, 0.15) is 44.7 Å². The Hall–Kier alpha value is -1.87. The molecule has 0 saturated heterocycles. The lowest BCUT2D eigenvalue weighted by molar-refractivity contribution is 0.364. The molecule has 0 saturated carbocycles. The van der Waals surface area contributed by atoms with Crippen LogP contribution in [0.25, 0.3) is 11.4 Å². The molecule has 3 aromatic rings. The van der Waals surface area contributed by atoms with Gasteiger partial charge < -0.3 is 10.4 Å². The van der Waals surface area contributed by atoms with Crippen LogP contribution >= 0.6 is 27.7 Å². The summed E-state index contributed by atoms with van der Waals surface area (Å²) >= 11 is 4.93. The first-order chi connectivity index (χ1) is 11.8. The first-order valence-corrected chi connectivity index (χ1v) is 9.40. The molecule has 1 unspecified atom stereocenters. The number of benzene rings is 1. The first-order valence-electron chi connectivity index (χ1n) is 7.73. The largest absolute Gasteiger partial charge is 0.338 e. The van der Waals surface area contributed by atoms with E-state index in [1.54, 1.807) is 0 Å². The van der Waals surface area contributed by atoms with Gasteiger partial charge in [0.15, 0.2) is 11.6 Å². The summed E-state index contributed by atoms with van der Waals surface area (Å²) < 4.78 is 7.77. The Morgan fingerprint density at radius 1 is 1.24 bits per heavy atom. The number of hydrogen-bond donors (Lipinski definition) is 1. The van der Waals surface area contributed by atoms with Crippen molar-refractivity contribution in [3.8, 4) is 11.4 Å². The first kappa shape index (κ1) is 17.9. The molecule has 0 fully saturated rings. The lowest BCUT2D eigenvalue weighted by atomic mass is 9.96. The van der Waals surface area contributed by atoms with E-state index in [2.05, 4.69) is 36.3 Å². The van der Waals surface area contributed by atoms with Crippen molar-refractivity contribution in [3.05, 3.63) is 40.5 Å². The van der Waals surface area contributed by atoms with Crippen molar-refractivity contribution < 1.29 is 4.52 Å². The predicted octanol–water partition coefficient (Wildman–Crippen LogP) is 3.96. The molecule has 7 nitrogen and oxygen atoms in total. The van der Waals surface area contributed by atoms with Gasteiger partial charge in [-0.1, -0.05) is 65.8 Å². The number of aromatic nitrogens is 5. The molecule has 132 valence electrons. The fraction of sp³-hybridized carbons (Fsp3) is 0.375. The fourth-order valence-corrected chi connectivity index (χ4v) is 3.36. The van der Waals surface area contributed by atoms with Crippen LogP contribution in [0.3, 0.4) is 0 Å². The van der Waals surface area contributed by atoms with Crippen LogP contribution < -0.4 is 5.84 Å². The lowest BCUT2D eigenvalue weighted by Gasteiger charge is -2.11. The highest BCUT2D eigenvalue weighted by Crippen LogP contribution is 2.35. The van der Waals surface area contributed by atoms with Crippen LogP contribution in [-0.2, 0) is 5.41 Å². The number of nitrogen functional groups attached to an aromatic ring is 1. The van der Waals surface area contributed by atoms with E-state index >= 15 is 0 Å². The third-order valence-electron chi connectivity index (χ3n) is 3.52. The number of halogens is 1. The van der Waals surface area contributed by atoms with Crippen molar-refractivity contribution in [2.24, 2.45) is 0 Å². The second kappa shape index (κ2) is 6.80. The van der Waals surface area contributed by atoms with Crippen LogP contribution in [0.5, 0.6) is 0 Å². The summed E-state index contributed by atoms with van der Waals surface area (Å²) in [5.41, 5.74) is 0.720. The van der Waals surface area contributed by atoms with E-state index in [4.69, 9.17) is 10.4 Å². The monoisotopic (exact) mass is 422 g/mol. The molecule has 0 bridgehead atoms. The van der Waals surface area contributed by atoms with E-state index in [9.17, 15) is 0 Å². The number of thioether (sulfide) groups is 1. The summed E-state index contributed by atoms with van der Waals surface area (Å²) in [6, 6.07) is 7.73. The third kappa shape index (κ3) is 3.72. The second-order valence-electron chi connectivity index (χ2n) is 6.62. The van der Waals surface area contributed by atoms with Crippen LogP contribution in [0.4, 0.5) is 0 Å². The molecular weight excluding hydrogens is 404 g/mol. The summed E-state index contributed by atoms with van der Waals surface area (Å²) in [5.74, 6) is 8.00. The molecule has 2 heterocycles. The number of hydrogen-bond acceptors (Lipinski definition) is 7. The van der Waals surface area contributed by atoms with Crippen LogP contribution in [0.15, 0.2) is 38.4 Å². The van der Waals surface area contributed by atoms with Crippen LogP contribution in [-0.4, -0.2) is 25.0 Å². The van der Waals surface area contributed by atoms with E-state index in [0.717, 1.165) is 10.0 Å². The van der Waals surface area contributed by atoms with Gasteiger partial charge in [-0.3, -0.25) is 0 Å². The van der Waals surface area contributed by atoms with E-state index in [0.29, 0.717) is 22.7 Å². The highest BCUT2D eigenvalue weighted by Gasteiger charge is 2.25. The molecule has 0 aliphatic heterocycles. The molecule has 0 aliphatic rings.